The summed E-state index contributed by atoms with van der Waals surface area (Å²) < 4.78 is 28.0. The highest BCUT2D eigenvalue weighted by molar-refractivity contribution is 9.10. The predicted octanol–water partition coefficient (Wildman–Crippen LogP) is 3.96. The summed E-state index contributed by atoms with van der Waals surface area (Å²) in [5, 5.41) is 0. The molecule has 2 aromatic carbocycles. The van der Waals surface area contributed by atoms with Crippen LogP contribution in [0.2, 0.25) is 0 Å². The average molecular weight is 369 g/mol. The molecule has 0 bridgehead atoms. The molecule has 0 atom stereocenters. The molecular formula is C15H17BrN2O2S. The summed E-state index contributed by atoms with van der Waals surface area (Å²) in [6, 6.07) is 12.1. The summed E-state index contributed by atoms with van der Waals surface area (Å²) >= 11 is 3.24. The first-order chi connectivity index (χ1) is 9.79. The van der Waals surface area contributed by atoms with Crippen molar-refractivity contribution in [3.8, 4) is 0 Å². The van der Waals surface area contributed by atoms with Gasteiger partial charge in [-0.15, -0.1) is 0 Å². The third-order valence-corrected chi connectivity index (χ3v) is 5.43. The van der Waals surface area contributed by atoms with Gasteiger partial charge in [0.05, 0.1) is 0 Å². The molecule has 0 heterocycles. The van der Waals surface area contributed by atoms with Gasteiger partial charge in [0.15, 0.2) is 0 Å². The second kappa shape index (κ2) is 6.07. The van der Waals surface area contributed by atoms with Crippen molar-refractivity contribution in [3.63, 3.8) is 0 Å². The molecule has 0 fully saturated rings. The van der Waals surface area contributed by atoms with E-state index in [1.807, 2.05) is 18.2 Å². The van der Waals surface area contributed by atoms with Crippen LogP contribution in [0.3, 0.4) is 0 Å². The number of nitrogen functional groups attached to an aromatic ring is 1. The van der Waals surface area contributed by atoms with Crippen molar-refractivity contribution in [1.82, 2.24) is 0 Å². The van der Waals surface area contributed by atoms with E-state index >= 15 is 0 Å². The van der Waals surface area contributed by atoms with Gasteiger partial charge in [0.25, 0.3) is 10.0 Å². The van der Waals surface area contributed by atoms with Gasteiger partial charge in [-0.2, -0.15) is 0 Å². The van der Waals surface area contributed by atoms with Crippen molar-refractivity contribution in [2.45, 2.75) is 24.7 Å². The molecule has 4 nitrogen and oxygen atoms in total. The van der Waals surface area contributed by atoms with Crippen LogP contribution >= 0.6 is 15.9 Å². The first kappa shape index (κ1) is 15.9. The number of rotatable bonds is 4. The number of hydrogen-bond acceptors (Lipinski definition) is 3. The molecule has 0 aliphatic heterocycles. The number of benzene rings is 2. The average Bonchev–Trinajstić information content (AvgIpc) is 2.41. The third-order valence-electron chi connectivity index (χ3n) is 3.05. The van der Waals surface area contributed by atoms with Gasteiger partial charge in [0.1, 0.15) is 4.90 Å². The number of hydrogen-bond donors (Lipinski definition) is 2. The minimum atomic E-state index is -3.69. The highest BCUT2D eigenvalue weighted by Crippen LogP contribution is 2.27. The summed E-state index contributed by atoms with van der Waals surface area (Å²) in [4.78, 5) is 0.123. The highest BCUT2D eigenvalue weighted by atomic mass is 79.9. The summed E-state index contributed by atoms with van der Waals surface area (Å²) in [6.07, 6.45) is 0. The maximum absolute atomic E-state index is 12.5. The predicted molar refractivity (Wildman–Crippen MR) is 89.9 cm³/mol. The minimum absolute atomic E-state index is 0.123. The van der Waals surface area contributed by atoms with E-state index in [4.69, 9.17) is 5.73 Å². The second-order valence-electron chi connectivity index (χ2n) is 5.08. The Morgan fingerprint density at radius 1 is 1.14 bits per heavy atom. The molecule has 0 radical (unpaired) electrons. The van der Waals surface area contributed by atoms with E-state index in [1.165, 1.54) is 6.07 Å². The molecular weight excluding hydrogens is 352 g/mol. The zero-order chi connectivity index (χ0) is 15.6. The quantitative estimate of drug-likeness (QED) is 0.802. The van der Waals surface area contributed by atoms with Crippen molar-refractivity contribution in [1.29, 1.82) is 0 Å². The number of halogens is 1. The van der Waals surface area contributed by atoms with Gasteiger partial charge in [-0.1, -0.05) is 26.0 Å². The molecule has 0 saturated heterocycles. The van der Waals surface area contributed by atoms with Crippen LogP contribution in [0, 0.1) is 0 Å². The van der Waals surface area contributed by atoms with Crippen molar-refractivity contribution in [3.05, 3.63) is 52.5 Å². The summed E-state index contributed by atoms with van der Waals surface area (Å²) in [7, 11) is -3.69. The molecule has 21 heavy (non-hydrogen) atoms. The number of anilines is 2. The van der Waals surface area contributed by atoms with Crippen LogP contribution in [0.5, 0.6) is 0 Å². The Balaban J connectivity index is 2.37. The number of sulfonamides is 1. The van der Waals surface area contributed by atoms with E-state index in [1.54, 1.807) is 18.2 Å². The van der Waals surface area contributed by atoms with Crippen molar-refractivity contribution in [2.24, 2.45) is 0 Å². The molecule has 0 saturated carbocycles. The standard InChI is InChI=1S/C15H17BrN2O2S/c1-10(2)11-4-3-5-13(8-11)18-21(19,20)15-9-12(17)6-7-14(15)16/h3-10,18H,17H2,1-2H3. The molecule has 112 valence electrons. The zero-order valence-electron chi connectivity index (χ0n) is 11.8. The van der Waals surface area contributed by atoms with E-state index in [0.29, 0.717) is 21.8 Å². The first-order valence-electron chi connectivity index (χ1n) is 6.47. The van der Waals surface area contributed by atoms with Crippen LogP contribution in [0.4, 0.5) is 11.4 Å². The molecule has 0 unspecified atom stereocenters. The van der Waals surface area contributed by atoms with E-state index in [-0.39, 0.29) is 4.90 Å². The van der Waals surface area contributed by atoms with Gasteiger partial charge in [0, 0.05) is 15.8 Å². The number of nitrogens with two attached hydrogens (primary N) is 1. The van der Waals surface area contributed by atoms with Crippen molar-refractivity contribution in [2.75, 3.05) is 10.5 Å². The van der Waals surface area contributed by atoms with Crippen LogP contribution in [0.1, 0.15) is 25.3 Å². The lowest BCUT2D eigenvalue weighted by molar-refractivity contribution is 0.601. The van der Waals surface area contributed by atoms with Gasteiger partial charge in [-0.05, 0) is 57.7 Å². The fourth-order valence-electron chi connectivity index (χ4n) is 1.90. The molecule has 2 rings (SSSR count). The van der Waals surface area contributed by atoms with Crippen LogP contribution < -0.4 is 10.5 Å². The lowest BCUT2D eigenvalue weighted by Crippen LogP contribution is -2.14. The Morgan fingerprint density at radius 2 is 1.86 bits per heavy atom. The van der Waals surface area contributed by atoms with Gasteiger partial charge in [-0.3, -0.25) is 4.72 Å². The van der Waals surface area contributed by atoms with Gasteiger partial charge < -0.3 is 5.73 Å². The van der Waals surface area contributed by atoms with Crippen LogP contribution in [0.25, 0.3) is 0 Å². The maximum Gasteiger partial charge on any atom is 0.263 e. The van der Waals surface area contributed by atoms with E-state index < -0.39 is 10.0 Å². The second-order valence-corrected chi connectivity index (χ2v) is 7.58. The zero-order valence-corrected chi connectivity index (χ0v) is 14.2. The summed E-state index contributed by atoms with van der Waals surface area (Å²) in [5.74, 6) is 0.327. The van der Waals surface area contributed by atoms with Crippen LogP contribution in [-0.2, 0) is 10.0 Å². The smallest absolute Gasteiger partial charge is 0.263 e. The lowest BCUT2D eigenvalue weighted by atomic mass is 10.0. The molecule has 3 N–H and O–H groups in total. The monoisotopic (exact) mass is 368 g/mol. The molecule has 0 amide bonds. The van der Waals surface area contributed by atoms with Gasteiger partial charge in [0.2, 0.25) is 0 Å². The largest absolute Gasteiger partial charge is 0.399 e. The number of nitrogens with one attached hydrogen (secondary N) is 1. The lowest BCUT2D eigenvalue weighted by Gasteiger charge is -2.12. The van der Waals surface area contributed by atoms with Gasteiger partial charge in [-0.25, -0.2) is 8.42 Å². The fourth-order valence-corrected chi connectivity index (χ4v) is 3.95. The van der Waals surface area contributed by atoms with Crippen molar-refractivity contribution < 1.29 is 8.42 Å². The SMILES string of the molecule is CC(C)c1cccc(NS(=O)(=O)c2cc(N)ccc2Br)c1. The van der Waals surface area contributed by atoms with E-state index in [9.17, 15) is 8.42 Å². The minimum Gasteiger partial charge on any atom is -0.399 e. The Bertz CT molecular complexity index is 758. The Labute approximate surface area is 133 Å². The molecule has 2 aromatic rings. The Kier molecular flexibility index (Phi) is 4.58. The van der Waals surface area contributed by atoms with Crippen molar-refractivity contribution >= 4 is 37.3 Å². The maximum atomic E-state index is 12.5. The molecule has 0 aliphatic carbocycles. The van der Waals surface area contributed by atoms with Gasteiger partial charge >= 0.3 is 0 Å². The third kappa shape index (κ3) is 3.77. The molecule has 6 heteroatoms. The fraction of sp³-hybridized carbons (Fsp3) is 0.200. The topological polar surface area (TPSA) is 72.2 Å². The first-order valence-corrected chi connectivity index (χ1v) is 8.75. The Morgan fingerprint density at radius 3 is 2.52 bits per heavy atom. The van der Waals surface area contributed by atoms with Crippen LogP contribution in [0.15, 0.2) is 51.8 Å². The van der Waals surface area contributed by atoms with E-state index in [2.05, 4.69) is 34.5 Å². The highest BCUT2D eigenvalue weighted by Gasteiger charge is 2.18. The normalized spacial score (nSPS) is 11.6. The van der Waals surface area contributed by atoms with Crippen LogP contribution in [-0.4, -0.2) is 8.42 Å². The molecule has 0 spiro atoms. The summed E-state index contributed by atoms with van der Waals surface area (Å²) in [5.41, 5.74) is 7.67. The Hall–Kier alpha value is -1.53. The summed E-state index contributed by atoms with van der Waals surface area (Å²) in [6.45, 7) is 4.12. The molecule has 0 aromatic heterocycles. The molecule has 0 aliphatic rings. The van der Waals surface area contributed by atoms with E-state index in [0.717, 1.165) is 5.56 Å².